The molecular formula is C19H30N2. The molecule has 1 saturated heterocycles. The van der Waals surface area contributed by atoms with Crippen molar-refractivity contribution in [2.75, 3.05) is 20.1 Å². The van der Waals surface area contributed by atoms with E-state index < -0.39 is 0 Å². The highest BCUT2D eigenvalue weighted by Gasteiger charge is 2.27. The van der Waals surface area contributed by atoms with Gasteiger partial charge in [0.15, 0.2) is 0 Å². The lowest BCUT2D eigenvalue weighted by atomic mass is 9.88. The first-order chi connectivity index (χ1) is 10.2. The molecule has 1 aliphatic heterocycles. The van der Waals surface area contributed by atoms with Crippen LogP contribution >= 0.6 is 0 Å². The van der Waals surface area contributed by atoms with Gasteiger partial charge in [0.2, 0.25) is 0 Å². The van der Waals surface area contributed by atoms with Crippen LogP contribution in [-0.2, 0) is 6.42 Å². The van der Waals surface area contributed by atoms with E-state index in [0.717, 1.165) is 12.0 Å². The summed E-state index contributed by atoms with van der Waals surface area (Å²) in [4.78, 5) is 2.52. The molecule has 1 N–H and O–H groups in total. The number of nitrogens with one attached hydrogen (secondary N) is 1. The highest BCUT2D eigenvalue weighted by molar-refractivity contribution is 5.21. The van der Waals surface area contributed by atoms with Gasteiger partial charge in [-0.25, -0.2) is 0 Å². The predicted molar refractivity (Wildman–Crippen MR) is 89.7 cm³/mol. The molecule has 0 bridgehead atoms. The third-order valence-electron chi connectivity index (χ3n) is 5.19. The van der Waals surface area contributed by atoms with Crippen molar-refractivity contribution in [3.63, 3.8) is 0 Å². The second-order valence-corrected chi connectivity index (χ2v) is 7.36. The van der Waals surface area contributed by atoms with Crippen LogP contribution < -0.4 is 5.32 Å². The van der Waals surface area contributed by atoms with Gasteiger partial charge in [0.05, 0.1) is 0 Å². The van der Waals surface area contributed by atoms with Crippen LogP contribution in [0.5, 0.6) is 0 Å². The Kier molecular flexibility index (Phi) is 4.97. The van der Waals surface area contributed by atoms with Gasteiger partial charge in [-0.1, -0.05) is 42.7 Å². The Morgan fingerprint density at radius 3 is 2.48 bits per heavy atom. The van der Waals surface area contributed by atoms with Crippen LogP contribution in [0.25, 0.3) is 0 Å². The lowest BCUT2D eigenvalue weighted by molar-refractivity contribution is 0.161. The molecule has 2 atom stereocenters. The summed E-state index contributed by atoms with van der Waals surface area (Å²) in [5.74, 6) is 0.797. The molecule has 1 heterocycles. The van der Waals surface area contributed by atoms with Gasteiger partial charge in [-0.3, -0.25) is 0 Å². The standard InChI is InChI=1S/C19H30N2/c1-15-7-9-16(10-8-15)11-17-12-19(14-21(2)13-17)20-18-5-3-4-6-18/h7-10,17-20H,3-6,11-14H2,1-2H3. The first-order valence-electron chi connectivity index (χ1n) is 8.69. The number of aryl methyl sites for hydroxylation is 1. The van der Waals surface area contributed by atoms with E-state index in [2.05, 4.69) is 48.5 Å². The van der Waals surface area contributed by atoms with Crippen molar-refractivity contribution in [1.29, 1.82) is 0 Å². The molecule has 2 fully saturated rings. The minimum Gasteiger partial charge on any atom is -0.310 e. The Morgan fingerprint density at radius 2 is 1.76 bits per heavy atom. The zero-order chi connectivity index (χ0) is 14.7. The van der Waals surface area contributed by atoms with Gasteiger partial charge in [-0.05, 0) is 51.1 Å². The first kappa shape index (κ1) is 15.1. The van der Waals surface area contributed by atoms with Crippen molar-refractivity contribution >= 4 is 0 Å². The van der Waals surface area contributed by atoms with Gasteiger partial charge < -0.3 is 10.2 Å². The molecule has 2 nitrogen and oxygen atoms in total. The second-order valence-electron chi connectivity index (χ2n) is 7.36. The van der Waals surface area contributed by atoms with Crippen molar-refractivity contribution < 1.29 is 0 Å². The fraction of sp³-hybridized carbons (Fsp3) is 0.684. The third kappa shape index (κ3) is 4.31. The van der Waals surface area contributed by atoms with Gasteiger partial charge in [-0.2, -0.15) is 0 Å². The molecule has 2 heteroatoms. The molecule has 0 aromatic heterocycles. The number of hydrogen-bond acceptors (Lipinski definition) is 2. The van der Waals surface area contributed by atoms with E-state index in [4.69, 9.17) is 0 Å². The molecule has 0 radical (unpaired) electrons. The number of likely N-dealkylation sites (tertiary alicyclic amines) is 1. The second kappa shape index (κ2) is 6.93. The van der Waals surface area contributed by atoms with Crippen LogP contribution in [0, 0.1) is 12.8 Å². The zero-order valence-electron chi connectivity index (χ0n) is 13.6. The zero-order valence-corrected chi connectivity index (χ0v) is 13.6. The fourth-order valence-corrected chi connectivity index (χ4v) is 4.19. The summed E-state index contributed by atoms with van der Waals surface area (Å²) in [5.41, 5.74) is 2.86. The molecule has 1 aromatic rings. The summed E-state index contributed by atoms with van der Waals surface area (Å²) in [6.45, 7) is 4.64. The summed E-state index contributed by atoms with van der Waals surface area (Å²) in [7, 11) is 2.28. The fourth-order valence-electron chi connectivity index (χ4n) is 4.19. The molecule has 21 heavy (non-hydrogen) atoms. The SMILES string of the molecule is Cc1ccc(CC2CC(NC3CCCC3)CN(C)C2)cc1. The van der Waals surface area contributed by atoms with Gasteiger partial charge in [-0.15, -0.1) is 0 Å². The number of likely N-dealkylation sites (N-methyl/N-ethyl adjacent to an activating group) is 1. The van der Waals surface area contributed by atoms with E-state index in [-0.39, 0.29) is 0 Å². The molecule has 1 saturated carbocycles. The Morgan fingerprint density at radius 1 is 1.05 bits per heavy atom. The molecule has 2 aliphatic rings. The van der Waals surface area contributed by atoms with Crippen molar-refractivity contribution in [3.8, 4) is 0 Å². The van der Waals surface area contributed by atoms with Crippen LogP contribution in [0.15, 0.2) is 24.3 Å². The number of rotatable bonds is 4. The Balaban J connectivity index is 1.55. The monoisotopic (exact) mass is 286 g/mol. The van der Waals surface area contributed by atoms with E-state index >= 15 is 0 Å². The van der Waals surface area contributed by atoms with Crippen LogP contribution in [0.4, 0.5) is 0 Å². The molecule has 1 aromatic carbocycles. The number of hydrogen-bond donors (Lipinski definition) is 1. The summed E-state index contributed by atoms with van der Waals surface area (Å²) in [6, 6.07) is 10.6. The average Bonchev–Trinajstić information content (AvgIpc) is 2.93. The smallest absolute Gasteiger partial charge is 0.0200 e. The van der Waals surface area contributed by atoms with Crippen LogP contribution in [-0.4, -0.2) is 37.1 Å². The third-order valence-corrected chi connectivity index (χ3v) is 5.19. The first-order valence-corrected chi connectivity index (χ1v) is 8.69. The Hall–Kier alpha value is -0.860. The van der Waals surface area contributed by atoms with Gasteiger partial charge in [0.1, 0.15) is 0 Å². The quantitative estimate of drug-likeness (QED) is 0.912. The predicted octanol–water partition coefficient (Wildman–Crippen LogP) is 3.39. The Labute approximate surface area is 129 Å². The molecular weight excluding hydrogens is 256 g/mol. The highest BCUT2D eigenvalue weighted by Crippen LogP contribution is 2.24. The topological polar surface area (TPSA) is 15.3 Å². The summed E-state index contributed by atoms with van der Waals surface area (Å²) >= 11 is 0. The molecule has 0 amide bonds. The molecule has 116 valence electrons. The van der Waals surface area contributed by atoms with E-state index in [1.165, 1.54) is 62.7 Å². The van der Waals surface area contributed by atoms with Crippen molar-refractivity contribution in [3.05, 3.63) is 35.4 Å². The van der Waals surface area contributed by atoms with Crippen molar-refractivity contribution in [1.82, 2.24) is 10.2 Å². The van der Waals surface area contributed by atoms with Crippen molar-refractivity contribution in [2.45, 2.75) is 57.5 Å². The lowest BCUT2D eigenvalue weighted by Crippen LogP contribution is -2.50. The highest BCUT2D eigenvalue weighted by atomic mass is 15.1. The minimum atomic E-state index is 0.697. The minimum absolute atomic E-state index is 0.697. The maximum atomic E-state index is 3.93. The summed E-state index contributed by atoms with van der Waals surface area (Å²) in [6.07, 6.45) is 8.20. The largest absolute Gasteiger partial charge is 0.310 e. The maximum absolute atomic E-state index is 3.93. The molecule has 3 rings (SSSR count). The lowest BCUT2D eigenvalue weighted by Gasteiger charge is -2.37. The van der Waals surface area contributed by atoms with E-state index in [1.807, 2.05) is 0 Å². The van der Waals surface area contributed by atoms with Crippen LogP contribution in [0.2, 0.25) is 0 Å². The number of nitrogens with zero attached hydrogens (tertiary/aromatic N) is 1. The number of piperidine rings is 1. The van der Waals surface area contributed by atoms with Crippen LogP contribution in [0.3, 0.4) is 0 Å². The van der Waals surface area contributed by atoms with Gasteiger partial charge >= 0.3 is 0 Å². The van der Waals surface area contributed by atoms with Crippen LogP contribution in [0.1, 0.15) is 43.2 Å². The summed E-state index contributed by atoms with van der Waals surface area (Å²) < 4.78 is 0. The average molecular weight is 286 g/mol. The van der Waals surface area contributed by atoms with E-state index in [0.29, 0.717) is 6.04 Å². The molecule has 1 aliphatic carbocycles. The van der Waals surface area contributed by atoms with E-state index in [1.54, 1.807) is 0 Å². The molecule has 2 unspecified atom stereocenters. The summed E-state index contributed by atoms with van der Waals surface area (Å²) in [5, 5.41) is 3.93. The van der Waals surface area contributed by atoms with Crippen molar-refractivity contribution in [2.24, 2.45) is 5.92 Å². The molecule has 0 spiro atoms. The van der Waals surface area contributed by atoms with Gasteiger partial charge in [0.25, 0.3) is 0 Å². The Bertz CT molecular complexity index is 433. The maximum Gasteiger partial charge on any atom is 0.0200 e. The number of benzene rings is 1. The van der Waals surface area contributed by atoms with E-state index in [9.17, 15) is 0 Å². The normalized spacial score (nSPS) is 28.1. The van der Waals surface area contributed by atoms with Gasteiger partial charge in [0, 0.05) is 25.2 Å².